The Bertz CT molecular complexity index is 1170. The van der Waals surface area contributed by atoms with Crippen molar-refractivity contribution in [2.75, 3.05) is 4.90 Å². The van der Waals surface area contributed by atoms with Gasteiger partial charge in [0.1, 0.15) is 11.5 Å². The number of halogens is 1. The van der Waals surface area contributed by atoms with Gasteiger partial charge in [0, 0.05) is 11.6 Å². The van der Waals surface area contributed by atoms with Crippen LogP contribution < -0.4 is 4.90 Å². The number of thiocarbonyl (C=S) groups is 1. The van der Waals surface area contributed by atoms with Crippen molar-refractivity contribution in [3.8, 4) is 11.3 Å². The van der Waals surface area contributed by atoms with E-state index in [1.807, 2.05) is 30.3 Å². The van der Waals surface area contributed by atoms with Gasteiger partial charge in [0.2, 0.25) is 0 Å². The van der Waals surface area contributed by atoms with Crippen molar-refractivity contribution in [2.45, 2.75) is 0 Å². The van der Waals surface area contributed by atoms with Crippen molar-refractivity contribution in [3.63, 3.8) is 0 Å². The minimum absolute atomic E-state index is 0.103. The number of thioether (sulfide) groups is 1. The largest absolute Gasteiger partial charge is 0.478 e. The van der Waals surface area contributed by atoms with Crippen LogP contribution in [0.25, 0.3) is 17.4 Å². The summed E-state index contributed by atoms with van der Waals surface area (Å²) in [5.74, 6) is -0.442. The van der Waals surface area contributed by atoms with Crippen LogP contribution in [0.2, 0.25) is 5.02 Å². The van der Waals surface area contributed by atoms with Gasteiger partial charge >= 0.3 is 5.97 Å². The summed E-state index contributed by atoms with van der Waals surface area (Å²) in [5, 5.41) is 9.54. The number of anilines is 1. The highest BCUT2D eigenvalue weighted by Crippen LogP contribution is 2.37. The van der Waals surface area contributed by atoms with Crippen LogP contribution in [0.5, 0.6) is 0 Å². The minimum atomic E-state index is -1.06. The van der Waals surface area contributed by atoms with Crippen LogP contribution in [0.15, 0.2) is 70.0 Å². The van der Waals surface area contributed by atoms with Crippen molar-refractivity contribution in [1.29, 1.82) is 0 Å². The number of carbonyl (C=O) groups excluding carboxylic acids is 1. The van der Waals surface area contributed by atoms with E-state index in [-0.39, 0.29) is 11.5 Å². The molecule has 144 valence electrons. The molecule has 3 aromatic rings. The maximum Gasteiger partial charge on any atom is 0.335 e. The molecule has 0 bridgehead atoms. The standard InChI is InChI=1S/C21H12ClNO4S2/c22-16-8-6-12(20(25)26)10-15(16)17-9-7-14(27-17)11-18-19(24)23(21(28)29-18)13-4-2-1-3-5-13/h1-11H,(H,25,26)/b18-11+. The smallest absolute Gasteiger partial charge is 0.335 e. The van der Waals surface area contributed by atoms with Gasteiger partial charge in [0.25, 0.3) is 5.91 Å². The first-order chi connectivity index (χ1) is 13.9. The average Bonchev–Trinajstić information content (AvgIpc) is 3.27. The summed E-state index contributed by atoms with van der Waals surface area (Å²) in [5.41, 5.74) is 1.27. The lowest BCUT2D eigenvalue weighted by atomic mass is 10.1. The highest BCUT2D eigenvalue weighted by molar-refractivity contribution is 8.27. The summed E-state index contributed by atoms with van der Waals surface area (Å²) in [6.45, 7) is 0. The number of carbonyl (C=O) groups is 2. The van der Waals surface area contributed by atoms with E-state index < -0.39 is 5.97 Å². The Hall–Kier alpha value is -2.87. The maximum atomic E-state index is 12.8. The first-order valence-corrected chi connectivity index (χ1v) is 10.0. The van der Waals surface area contributed by atoms with E-state index in [1.165, 1.54) is 34.9 Å². The molecule has 0 saturated carbocycles. The van der Waals surface area contributed by atoms with Crippen molar-refractivity contribution in [1.82, 2.24) is 0 Å². The number of rotatable bonds is 4. The van der Waals surface area contributed by atoms with Crippen LogP contribution in [0.3, 0.4) is 0 Å². The van der Waals surface area contributed by atoms with Gasteiger partial charge in [-0.1, -0.05) is 53.8 Å². The van der Waals surface area contributed by atoms with E-state index in [0.29, 0.717) is 37.0 Å². The molecule has 1 aliphatic heterocycles. The molecule has 1 aliphatic rings. The Morgan fingerprint density at radius 2 is 1.90 bits per heavy atom. The molecular weight excluding hydrogens is 430 g/mol. The number of aromatic carboxylic acids is 1. The zero-order valence-electron chi connectivity index (χ0n) is 14.7. The van der Waals surface area contributed by atoms with E-state index in [4.69, 9.17) is 28.2 Å². The number of hydrogen-bond donors (Lipinski definition) is 1. The van der Waals surface area contributed by atoms with E-state index >= 15 is 0 Å². The maximum absolute atomic E-state index is 12.8. The molecule has 0 spiro atoms. The lowest BCUT2D eigenvalue weighted by Gasteiger charge is -2.13. The normalized spacial score (nSPS) is 15.3. The summed E-state index contributed by atoms with van der Waals surface area (Å²) in [6.07, 6.45) is 1.61. The van der Waals surface area contributed by atoms with E-state index in [1.54, 1.807) is 18.2 Å². The molecule has 29 heavy (non-hydrogen) atoms. The molecule has 0 atom stereocenters. The third kappa shape index (κ3) is 3.85. The quantitative estimate of drug-likeness (QED) is 0.413. The molecule has 2 aromatic carbocycles. The minimum Gasteiger partial charge on any atom is -0.478 e. The van der Waals surface area contributed by atoms with Gasteiger partial charge in [0.05, 0.1) is 21.2 Å². The third-order valence-corrected chi connectivity index (χ3v) is 5.82. The van der Waals surface area contributed by atoms with Gasteiger partial charge in [-0.15, -0.1) is 0 Å². The monoisotopic (exact) mass is 441 g/mol. The number of nitrogens with zero attached hydrogens (tertiary/aromatic N) is 1. The second kappa shape index (κ2) is 7.87. The predicted molar refractivity (Wildman–Crippen MR) is 118 cm³/mol. The molecule has 8 heteroatoms. The van der Waals surface area contributed by atoms with Crippen molar-refractivity contribution < 1.29 is 19.1 Å². The zero-order valence-corrected chi connectivity index (χ0v) is 17.1. The number of hydrogen-bond acceptors (Lipinski definition) is 5. The summed E-state index contributed by atoms with van der Waals surface area (Å²) < 4.78 is 6.23. The first-order valence-electron chi connectivity index (χ1n) is 8.40. The molecule has 0 radical (unpaired) electrons. The molecule has 0 unspecified atom stereocenters. The van der Waals surface area contributed by atoms with Crippen LogP contribution >= 0.6 is 35.6 Å². The lowest BCUT2D eigenvalue weighted by Crippen LogP contribution is -2.27. The van der Waals surface area contributed by atoms with Crippen LogP contribution in [0.1, 0.15) is 16.1 Å². The predicted octanol–water partition coefficient (Wildman–Crippen LogP) is 5.70. The Labute approximate surface area is 180 Å². The zero-order chi connectivity index (χ0) is 20.5. The molecule has 4 rings (SSSR count). The highest BCUT2D eigenvalue weighted by atomic mass is 35.5. The molecule has 5 nitrogen and oxygen atoms in total. The molecule has 1 N–H and O–H groups in total. The Balaban J connectivity index is 1.64. The fraction of sp³-hybridized carbons (Fsp3) is 0. The van der Waals surface area contributed by atoms with Crippen LogP contribution in [0.4, 0.5) is 5.69 Å². The van der Waals surface area contributed by atoms with Crippen molar-refractivity contribution >= 4 is 63.5 Å². The Kier molecular flexibility index (Phi) is 5.27. The molecule has 1 aromatic heterocycles. The molecule has 2 heterocycles. The van der Waals surface area contributed by atoms with Crippen LogP contribution in [0, 0.1) is 0 Å². The van der Waals surface area contributed by atoms with Crippen LogP contribution in [-0.2, 0) is 4.79 Å². The molecule has 1 fully saturated rings. The SMILES string of the molecule is O=C(O)c1ccc(Cl)c(-c2ccc(/C=C3/SC(=S)N(c4ccccc4)C3=O)o2)c1. The number of benzene rings is 2. The second-order valence-corrected chi connectivity index (χ2v) is 8.14. The van der Waals surface area contributed by atoms with Crippen LogP contribution in [-0.4, -0.2) is 21.3 Å². The first kappa shape index (κ1) is 19.4. The fourth-order valence-corrected chi connectivity index (χ4v) is 4.31. The topological polar surface area (TPSA) is 70.8 Å². The number of carboxylic acid groups (broad SMARTS) is 1. The summed E-state index contributed by atoms with van der Waals surface area (Å²) in [7, 11) is 0. The number of amides is 1. The van der Waals surface area contributed by atoms with E-state index in [2.05, 4.69) is 0 Å². The Morgan fingerprint density at radius 3 is 2.62 bits per heavy atom. The van der Waals surface area contributed by atoms with E-state index in [0.717, 1.165) is 0 Å². The summed E-state index contributed by atoms with van der Waals surface area (Å²) in [6, 6.07) is 16.9. The number of furan rings is 1. The lowest BCUT2D eigenvalue weighted by molar-refractivity contribution is -0.113. The Morgan fingerprint density at radius 1 is 1.14 bits per heavy atom. The van der Waals surface area contributed by atoms with E-state index in [9.17, 15) is 14.7 Å². The van der Waals surface area contributed by atoms with Gasteiger partial charge in [-0.2, -0.15) is 0 Å². The van der Waals surface area contributed by atoms with Gasteiger partial charge in [-0.25, -0.2) is 4.79 Å². The van der Waals surface area contributed by atoms with Crippen molar-refractivity contribution in [2.24, 2.45) is 0 Å². The van der Waals surface area contributed by atoms with Gasteiger partial charge < -0.3 is 9.52 Å². The molecule has 1 saturated heterocycles. The molecule has 1 amide bonds. The molecular formula is C21H12ClNO4S2. The van der Waals surface area contributed by atoms with Gasteiger partial charge in [0.15, 0.2) is 4.32 Å². The number of carboxylic acids is 1. The molecule has 0 aliphatic carbocycles. The van der Waals surface area contributed by atoms with Crippen molar-refractivity contribution in [3.05, 3.63) is 81.9 Å². The fourth-order valence-electron chi connectivity index (χ4n) is 2.82. The van der Waals surface area contributed by atoms with Gasteiger partial charge in [-0.3, -0.25) is 9.69 Å². The third-order valence-electron chi connectivity index (χ3n) is 4.19. The summed E-state index contributed by atoms with van der Waals surface area (Å²) >= 11 is 12.7. The van der Waals surface area contributed by atoms with Gasteiger partial charge in [-0.05, 0) is 42.5 Å². The second-order valence-electron chi connectivity index (χ2n) is 6.05. The summed E-state index contributed by atoms with van der Waals surface area (Å²) in [4.78, 5) is 25.9. The highest BCUT2D eigenvalue weighted by Gasteiger charge is 2.33. The number of para-hydroxylation sites is 1. The average molecular weight is 442 g/mol.